The molecule has 9 heteroatoms. The Bertz CT molecular complexity index is 971. The number of halogens is 1. The summed E-state index contributed by atoms with van der Waals surface area (Å²) < 4.78 is 15.0. The van der Waals surface area contributed by atoms with Gasteiger partial charge in [0.2, 0.25) is 0 Å². The number of dihydropyridines is 1. The molecule has 1 aliphatic heterocycles. The lowest BCUT2D eigenvalue weighted by Gasteiger charge is -2.21. The van der Waals surface area contributed by atoms with Gasteiger partial charge in [-0.05, 0) is 75.7 Å². The Balaban J connectivity index is 0.000000858. The first kappa shape index (κ1) is 35.8. The average molecular weight is 548 g/mol. The summed E-state index contributed by atoms with van der Waals surface area (Å²) in [4.78, 5) is 11.0. The van der Waals surface area contributed by atoms with Gasteiger partial charge in [0.25, 0.3) is 0 Å². The molecule has 2 rings (SSSR count). The first-order chi connectivity index (χ1) is 18.7. The number of anilines is 1. The van der Waals surface area contributed by atoms with Crippen molar-refractivity contribution >= 4 is 18.1 Å². The molecular weight excluding hydrogens is 497 g/mol. The summed E-state index contributed by atoms with van der Waals surface area (Å²) in [5.41, 5.74) is 5.71. The molecule has 0 fully saturated rings. The molecule has 1 aromatic carbocycles. The van der Waals surface area contributed by atoms with Crippen molar-refractivity contribution in [2.24, 2.45) is 9.98 Å². The third-order valence-corrected chi connectivity index (χ3v) is 5.67. The number of nitrogens with one attached hydrogen (secondary N) is 2. The highest BCUT2D eigenvalue weighted by molar-refractivity contribution is 6.00. The lowest BCUT2D eigenvalue weighted by atomic mass is 10.0. The topological polar surface area (TPSA) is 102 Å². The van der Waals surface area contributed by atoms with Gasteiger partial charge >= 0.3 is 0 Å². The molecule has 0 amide bonds. The summed E-state index contributed by atoms with van der Waals surface area (Å²) >= 11 is 0. The van der Waals surface area contributed by atoms with Crippen molar-refractivity contribution in [3.8, 4) is 0 Å². The second-order valence-corrected chi connectivity index (χ2v) is 9.11. The van der Waals surface area contributed by atoms with E-state index >= 15 is 0 Å². The molecule has 0 spiro atoms. The van der Waals surface area contributed by atoms with Crippen molar-refractivity contribution in [3.05, 3.63) is 64.8 Å². The van der Waals surface area contributed by atoms with Crippen LogP contribution in [0, 0.1) is 13.8 Å². The number of allylic oxidation sites excluding steroid dienone is 2. The number of benzene rings is 1. The van der Waals surface area contributed by atoms with Crippen molar-refractivity contribution in [1.29, 1.82) is 0 Å². The normalized spacial score (nSPS) is 15.7. The molecule has 1 aromatic rings. The molecule has 0 saturated heterocycles. The van der Waals surface area contributed by atoms with Gasteiger partial charge in [-0.3, -0.25) is 9.38 Å². The lowest BCUT2D eigenvalue weighted by molar-refractivity contribution is 0.150. The predicted molar refractivity (Wildman–Crippen MR) is 163 cm³/mol. The van der Waals surface area contributed by atoms with Gasteiger partial charge in [0, 0.05) is 37.3 Å². The number of aliphatic hydroxyl groups is 2. The Morgan fingerprint density at radius 3 is 2.44 bits per heavy atom. The number of aliphatic imine (C=N–C) groups is 2. The Labute approximate surface area is 235 Å². The van der Waals surface area contributed by atoms with Crippen molar-refractivity contribution in [2.75, 3.05) is 46.3 Å². The van der Waals surface area contributed by atoms with Crippen molar-refractivity contribution in [2.45, 2.75) is 66.2 Å². The van der Waals surface area contributed by atoms with Gasteiger partial charge in [0.05, 0.1) is 26.4 Å². The summed E-state index contributed by atoms with van der Waals surface area (Å²) in [5.74, 6) is 1.65. The van der Waals surface area contributed by atoms with E-state index in [9.17, 15) is 4.39 Å². The summed E-state index contributed by atoms with van der Waals surface area (Å²) in [6.45, 7) is 14.7. The van der Waals surface area contributed by atoms with E-state index in [0.29, 0.717) is 20.3 Å². The number of ether oxygens (including phenoxy) is 1. The number of aryl methyl sites for hydroxylation is 2. The molecule has 1 heterocycles. The Hall–Kier alpha value is -3.17. The smallest absolute Gasteiger partial charge is 0.132 e. The first-order valence-corrected chi connectivity index (χ1v) is 13.3. The SMILES string of the molecule is C=N/C(=C(/CCC)C(CC)=NCC1C=C(OCCO)C=CN1)N(C)C.CF.Cc1ccc(NC(C)O)cc1C. The van der Waals surface area contributed by atoms with Crippen LogP contribution in [0.2, 0.25) is 0 Å². The minimum absolute atomic E-state index is 0.00838. The number of rotatable bonds is 13. The van der Waals surface area contributed by atoms with E-state index in [-0.39, 0.29) is 12.6 Å². The molecule has 0 saturated carbocycles. The van der Waals surface area contributed by atoms with Crippen LogP contribution in [0.4, 0.5) is 10.1 Å². The summed E-state index contributed by atoms with van der Waals surface area (Å²) in [5, 5.41) is 24.1. The number of aliphatic hydroxyl groups excluding tert-OH is 2. The van der Waals surface area contributed by atoms with E-state index < -0.39 is 6.23 Å². The highest BCUT2D eigenvalue weighted by atomic mass is 19.1. The molecule has 2 unspecified atom stereocenters. The second kappa shape index (κ2) is 20.7. The minimum atomic E-state index is -0.493. The molecule has 0 aromatic heterocycles. The van der Waals surface area contributed by atoms with Crippen LogP contribution in [0.5, 0.6) is 0 Å². The van der Waals surface area contributed by atoms with E-state index in [1.165, 1.54) is 11.1 Å². The van der Waals surface area contributed by atoms with Crippen LogP contribution >= 0.6 is 0 Å². The fourth-order valence-electron chi connectivity index (χ4n) is 3.76. The maximum Gasteiger partial charge on any atom is 0.132 e. The third kappa shape index (κ3) is 14.0. The predicted octanol–water partition coefficient (Wildman–Crippen LogP) is 5.13. The maximum atomic E-state index is 9.50. The largest absolute Gasteiger partial charge is 0.491 e. The molecule has 0 aliphatic carbocycles. The Morgan fingerprint density at radius 1 is 1.23 bits per heavy atom. The molecule has 1 aliphatic rings. The molecular formula is C30H50FN5O3. The zero-order chi connectivity index (χ0) is 29.8. The van der Waals surface area contributed by atoms with E-state index in [0.717, 1.165) is 47.8 Å². The quantitative estimate of drug-likeness (QED) is 0.202. The van der Waals surface area contributed by atoms with E-state index in [2.05, 4.69) is 50.0 Å². The van der Waals surface area contributed by atoms with E-state index in [4.69, 9.17) is 19.9 Å². The average Bonchev–Trinajstić information content (AvgIpc) is 2.91. The van der Waals surface area contributed by atoms with Gasteiger partial charge in [-0.25, -0.2) is 4.99 Å². The van der Waals surface area contributed by atoms with Gasteiger partial charge < -0.3 is 30.5 Å². The van der Waals surface area contributed by atoms with Crippen LogP contribution in [-0.2, 0) is 4.74 Å². The summed E-state index contributed by atoms with van der Waals surface area (Å²) in [6.07, 6.45) is 8.02. The molecule has 39 heavy (non-hydrogen) atoms. The van der Waals surface area contributed by atoms with E-state index in [1.54, 1.807) is 6.92 Å². The zero-order valence-electron chi connectivity index (χ0n) is 25.1. The highest BCUT2D eigenvalue weighted by Crippen LogP contribution is 2.19. The summed E-state index contributed by atoms with van der Waals surface area (Å²) in [7, 11) is 4.46. The number of alkyl halides is 1. The van der Waals surface area contributed by atoms with Crippen molar-refractivity contribution in [3.63, 3.8) is 0 Å². The van der Waals surface area contributed by atoms with Crippen LogP contribution in [0.1, 0.15) is 51.2 Å². The van der Waals surface area contributed by atoms with Crippen molar-refractivity contribution in [1.82, 2.24) is 10.2 Å². The van der Waals surface area contributed by atoms with Gasteiger partial charge in [-0.2, -0.15) is 0 Å². The van der Waals surface area contributed by atoms with Crippen LogP contribution in [0.15, 0.2) is 63.7 Å². The highest BCUT2D eigenvalue weighted by Gasteiger charge is 2.14. The fourth-order valence-corrected chi connectivity index (χ4v) is 3.76. The molecule has 8 nitrogen and oxygen atoms in total. The Morgan fingerprint density at radius 2 is 1.92 bits per heavy atom. The fraction of sp³-hybridized carbons (Fsp3) is 0.533. The Kier molecular flexibility index (Phi) is 19.1. The van der Waals surface area contributed by atoms with Gasteiger partial charge in [-0.15, -0.1) is 0 Å². The van der Waals surface area contributed by atoms with E-state index in [1.807, 2.05) is 55.5 Å². The van der Waals surface area contributed by atoms with Gasteiger partial charge in [0.15, 0.2) is 0 Å². The maximum absolute atomic E-state index is 9.50. The standard InChI is InChI=1S/C19H32N4O2.C10H15NO.CH3F/c1-6-8-17(19(20-3)23(4)5)18(7-2)22-14-15-13-16(9-10-21-15)25-12-11-24;1-7-4-5-10(6-8(7)2)11-9(3)12;1-2/h9-10,13,15,21,24H,3,6-8,11-12,14H2,1-2,4-5H3;4-6,9,11-12H,1-3H3;1H3/b19-17+,22-18?;;. The molecule has 2 atom stereocenters. The third-order valence-electron chi connectivity index (χ3n) is 5.67. The second-order valence-electron chi connectivity index (χ2n) is 9.11. The van der Waals surface area contributed by atoms with Crippen LogP contribution in [0.25, 0.3) is 0 Å². The number of nitrogens with zero attached hydrogens (tertiary/aromatic N) is 3. The van der Waals surface area contributed by atoms with Gasteiger partial charge in [-0.1, -0.05) is 26.3 Å². The summed E-state index contributed by atoms with van der Waals surface area (Å²) in [6, 6.07) is 6.11. The van der Waals surface area contributed by atoms with Crippen molar-refractivity contribution < 1.29 is 19.3 Å². The molecule has 220 valence electrons. The monoisotopic (exact) mass is 547 g/mol. The number of hydrogen-bond acceptors (Lipinski definition) is 8. The number of hydrogen-bond donors (Lipinski definition) is 4. The van der Waals surface area contributed by atoms with Crippen LogP contribution < -0.4 is 10.6 Å². The molecule has 0 bridgehead atoms. The van der Waals surface area contributed by atoms with Gasteiger partial charge in [0.1, 0.15) is 24.4 Å². The van der Waals surface area contributed by atoms with Crippen LogP contribution in [0.3, 0.4) is 0 Å². The van der Waals surface area contributed by atoms with Crippen LogP contribution in [-0.4, -0.2) is 80.8 Å². The molecule has 0 radical (unpaired) electrons. The first-order valence-electron chi connectivity index (χ1n) is 13.3. The lowest BCUT2D eigenvalue weighted by Crippen LogP contribution is -2.29. The molecule has 4 N–H and O–H groups in total. The minimum Gasteiger partial charge on any atom is -0.491 e. The zero-order valence-corrected chi connectivity index (χ0v) is 25.1.